The fourth-order valence-corrected chi connectivity index (χ4v) is 2.29. The normalized spacial score (nSPS) is 19.0. The molecule has 0 amide bonds. The summed E-state index contributed by atoms with van der Waals surface area (Å²) in [4.78, 5) is 2.30. The minimum atomic E-state index is -0.0547. The number of aryl methyl sites for hydroxylation is 1. The number of likely N-dealkylation sites (tertiary alicyclic amines) is 1. The van der Waals surface area contributed by atoms with Crippen molar-refractivity contribution in [1.29, 1.82) is 5.26 Å². The summed E-state index contributed by atoms with van der Waals surface area (Å²) in [6, 6.07) is 10.7. The van der Waals surface area contributed by atoms with Crippen molar-refractivity contribution < 1.29 is 0 Å². The Hall–Kier alpha value is -1.33. The summed E-state index contributed by atoms with van der Waals surface area (Å²) in [5, 5.41) is 9.31. The first kappa shape index (κ1) is 11.2. The number of hydrogen-bond donors (Lipinski definition) is 0. The van der Waals surface area contributed by atoms with Crippen LogP contribution in [-0.4, -0.2) is 18.0 Å². The van der Waals surface area contributed by atoms with Gasteiger partial charge in [0.25, 0.3) is 0 Å². The maximum Gasteiger partial charge on any atom is 0.123 e. The van der Waals surface area contributed by atoms with E-state index in [9.17, 15) is 5.26 Å². The Morgan fingerprint density at radius 1 is 1.12 bits per heavy atom. The summed E-state index contributed by atoms with van der Waals surface area (Å²) in [6.45, 7) is 4.20. The standard InChI is InChI=1S/C14H18N2/c1-12-5-7-13(8-6-12)14(11-15)16-9-3-2-4-10-16/h5-8,14H,2-4,9-10H2,1H3/t14-/m0/s1. The molecule has 0 N–H and O–H groups in total. The van der Waals surface area contributed by atoms with E-state index in [1.807, 2.05) is 0 Å². The van der Waals surface area contributed by atoms with Crippen molar-refractivity contribution in [3.63, 3.8) is 0 Å². The molecule has 2 nitrogen and oxygen atoms in total. The topological polar surface area (TPSA) is 27.0 Å². The van der Waals surface area contributed by atoms with Crippen LogP contribution in [0.2, 0.25) is 0 Å². The van der Waals surface area contributed by atoms with Gasteiger partial charge in [-0.1, -0.05) is 36.2 Å². The quantitative estimate of drug-likeness (QED) is 0.756. The van der Waals surface area contributed by atoms with Crippen LogP contribution >= 0.6 is 0 Å². The lowest BCUT2D eigenvalue weighted by molar-refractivity contribution is 0.196. The van der Waals surface area contributed by atoms with Crippen molar-refractivity contribution in [3.8, 4) is 6.07 Å². The highest BCUT2D eigenvalue weighted by molar-refractivity contribution is 5.27. The van der Waals surface area contributed by atoms with Crippen LogP contribution in [0.4, 0.5) is 0 Å². The number of rotatable bonds is 2. The van der Waals surface area contributed by atoms with Crippen LogP contribution in [0.15, 0.2) is 24.3 Å². The summed E-state index contributed by atoms with van der Waals surface area (Å²) >= 11 is 0. The molecule has 1 heterocycles. The lowest BCUT2D eigenvalue weighted by Crippen LogP contribution is -2.33. The average Bonchev–Trinajstić information content (AvgIpc) is 2.34. The van der Waals surface area contributed by atoms with E-state index in [1.54, 1.807) is 0 Å². The Morgan fingerprint density at radius 3 is 2.31 bits per heavy atom. The molecule has 2 rings (SSSR count). The van der Waals surface area contributed by atoms with Crippen molar-refractivity contribution in [2.45, 2.75) is 32.2 Å². The van der Waals surface area contributed by atoms with Gasteiger partial charge in [-0.15, -0.1) is 0 Å². The first-order valence-electron chi connectivity index (χ1n) is 6.01. The van der Waals surface area contributed by atoms with Gasteiger partial charge in [0.05, 0.1) is 6.07 Å². The molecule has 0 unspecified atom stereocenters. The van der Waals surface area contributed by atoms with Crippen LogP contribution < -0.4 is 0 Å². The SMILES string of the molecule is Cc1ccc([C@H](C#N)N2CCCCC2)cc1. The second-order valence-corrected chi connectivity index (χ2v) is 4.54. The molecule has 2 heteroatoms. The van der Waals surface area contributed by atoms with E-state index >= 15 is 0 Å². The Labute approximate surface area is 97.5 Å². The number of hydrogen-bond acceptors (Lipinski definition) is 2. The van der Waals surface area contributed by atoms with Gasteiger partial charge in [-0.05, 0) is 38.4 Å². The third-order valence-electron chi connectivity index (χ3n) is 3.27. The van der Waals surface area contributed by atoms with Gasteiger partial charge in [0.15, 0.2) is 0 Å². The molecular weight excluding hydrogens is 196 g/mol. The zero-order chi connectivity index (χ0) is 11.4. The molecule has 16 heavy (non-hydrogen) atoms. The van der Waals surface area contributed by atoms with Crippen LogP contribution in [0.1, 0.15) is 36.4 Å². The fourth-order valence-electron chi connectivity index (χ4n) is 2.29. The molecule has 1 saturated heterocycles. The zero-order valence-electron chi connectivity index (χ0n) is 9.82. The lowest BCUT2D eigenvalue weighted by atomic mass is 10.0. The number of nitrogens with zero attached hydrogens (tertiary/aromatic N) is 2. The van der Waals surface area contributed by atoms with Crippen molar-refractivity contribution in [2.24, 2.45) is 0 Å². The Kier molecular flexibility index (Phi) is 3.58. The highest BCUT2D eigenvalue weighted by Crippen LogP contribution is 2.24. The van der Waals surface area contributed by atoms with Crippen LogP contribution in [0, 0.1) is 18.3 Å². The third-order valence-corrected chi connectivity index (χ3v) is 3.27. The smallest absolute Gasteiger partial charge is 0.123 e. The van der Waals surface area contributed by atoms with Crippen molar-refractivity contribution in [2.75, 3.05) is 13.1 Å². The first-order chi connectivity index (χ1) is 7.81. The average molecular weight is 214 g/mol. The van der Waals surface area contributed by atoms with E-state index < -0.39 is 0 Å². The van der Waals surface area contributed by atoms with E-state index in [-0.39, 0.29) is 6.04 Å². The molecular formula is C14H18N2. The molecule has 1 fully saturated rings. The van der Waals surface area contributed by atoms with Gasteiger partial charge < -0.3 is 0 Å². The fraction of sp³-hybridized carbons (Fsp3) is 0.500. The van der Waals surface area contributed by atoms with Gasteiger partial charge in [0, 0.05) is 0 Å². The molecule has 1 aromatic carbocycles. The van der Waals surface area contributed by atoms with Crippen LogP contribution in [0.25, 0.3) is 0 Å². The predicted molar refractivity (Wildman–Crippen MR) is 65.0 cm³/mol. The van der Waals surface area contributed by atoms with E-state index in [2.05, 4.69) is 42.2 Å². The molecule has 1 aliphatic rings. The summed E-state index contributed by atoms with van der Waals surface area (Å²) in [5.74, 6) is 0. The van der Waals surface area contributed by atoms with Crippen LogP contribution in [0.3, 0.4) is 0 Å². The molecule has 0 spiro atoms. The Bertz CT molecular complexity index is 369. The van der Waals surface area contributed by atoms with Gasteiger partial charge in [-0.3, -0.25) is 4.90 Å². The van der Waals surface area contributed by atoms with Crippen molar-refractivity contribution in [1.82, 2.24) is 4.90 Å². The second-order valence-electron chi connectivity index (χ2n) is 4.54. The maximum absolute atomic E-state index is 9.31. The Morgan fingerprint density at radius 2 is 1.75 bits per heavy atom. The summed E-state index contributed by atoms with van der Waals surface area (Å²) in [7, 11) is 0. The van der Waals surface area contributed by atoms with Gasteiger partial charge in [0.1, 0.15) is 6.04 Å². The van der Waals surface area contributed by atoms with E-state index in [0.29, 0.717) is 0 Å². The number of nitriles is 1. The second kappa shape index (κ2) is 5.14. The highest BCUT2D eigenvalue weighted by Gasteiger charge is 2.21. The Balaban J connectivity index is 2.15. The van der Waals surface area contributed by atoms with Crippen LogP contribution in [-0.2, 0) is 0 Å². The minimum absolute atomic E-state index is 0.0547. The molecule has 1 aliphatic heterocycles. The molecule has 0 saturated carbocycles. The molecule has 0 radical (unpaired) electrons. The molecule has 0 bridgehead atoms. The van der Waals surface area contributed by atoms with E-state index in [1.165, 1.54) is 24.8 Å². The summed E-state index contributed by atoms with van der Waals surface area (Å²) in [5.41, 5.74) is 2.38. The summed E-state index contributed by atoms with van der Waals surface area (Å²) in [6.07, 6.45) is 3.76. The maximum atomic E-state index is 9.31. The largest absolute Gasteiger partial charge is 0.284 e. The monoisotopic (exact) mass is 214 g/mol. The van der Waals surface area contributed by atoms with Gasteiger partial charge in [0.2, 0.25) is 0 Å². The molecule has 1 atom stereocenters. The number of benzene rings is 1. The van der Waals surface area contributed by atoms with E-state index in [0.717, 1.165) is 18.7 Å². The highest BCUT2D eigenvalue weighted by atomic mass is 15.2. The third kappa shape index (κ3) is 2.43. The van der Waals surface area contributed by atoms with Gasteiger partial charge >= 0.3 is 0 Å². The molecule has 84 valence electrons. The van der Waals surface area contributed by atoms with Gasteiger partial charge in [-0.25, -0.2) is 0 Å². The molecule has 0 aliphatic carbocycles. The predicted octanol–water partition coefficient (Wildman–Crippen LogP) is 3.05. The first-order valence-corrected chi connectivity index (χ1v) is 6.01. The van der Waals surface area contributed by atoms with E-state index in [4.69, 9.17) is 0 Å². The van der Waals surface area contributed by atoms with Gasteiger partial charge in [-0.2, -0.15) is 5.26 Å². The van der Waals surface area contributed by atoms with Crippen molar-refractivity contribution >= 4 is 0 Å². The minimum Gasteiger partial charge on any atom is -0.284 e. The molecule has 1 aromatic rings. The zero-order valence-corrected chi connectivity index (χ0v) is 9.82. The number of piperidine rings is 1. The summed E-state index contributed by atoms with van der Waals surface area (Å²) < 4.78 is 0. The van der Waals surface area contributed by atoms with Crippen molar-refractivity contribution in [3.05, 3.63) is 35.4 Å². The lowest BCUT2D eigenvalue weighted by Gasteiger charge is -2.30. The van der Waals surface area contributed by atoms with Crippen LogP contribution in [0.5, 0.6) is 0 Å². The molecule has 0 aromatic heterocycles.